The Balaban J connectivity index is 1.72. The van der Waals surface area contributed by atoms with Crippen LogP contribution in [0.1, 0.15) is 18.5 Å². The van der Waals surface area contributed by atoms with Gasteiger partial charge in [0.1, 0.15) is 0 Å². The van der Waals surface area contributed by atoms with E-state index >= 15 is 0 Å². The van der Waals surface area contributed by atoms with Crippen LogP contribution in [-0.4, -0.2) is 15.0 Å². The Morgan fingerprint density at radius 1 is 1.05 bits per heavy atom. The molecule has 0 spiro atoms. The van der Waals surface area contributed by atoms with Crippen LogP contribution in [0.2, 0.25) is 0 Å². The second-order valence-corrected chi connectivity index (χ2v) is 4.70. The van der Waals surface area contributed by atoms with E-state index in [1.54, 1.807) is 12.5 Å². The molecule has 2 N–H and O–H groups in total. The van der Waals surface area contributed by atoms with E-state index in [1.165, 1.54) is 5.56 Å². The maximum Gasteiger partial charge on any atom is 0.0924 e. The van der Waals surface area contributed by atoms with Crippen LogP contribution in [0.4, 0.5) is 5.69 Å². The molecule has 0 saturated carbocycles. The average molecular weight is 264 g/mol. The van der Waals surface area contributed by atoms with Gasteiger partial charge in [-0.3, -0.25) is 4.98 Å². The van der Waals surface area contributed by atoms with Gasteiger partial charge < -0.3 is 10.3 Å². The maximum absolute atomic E-state index is 4.14. The number of nitrogens with one attached hydrogen (secondary N) is 2. The summed E-state index contributed by atoms with van der Waals surface area (Å²) in [6, 6.07) is 12.5. The van der Waals surface area contributed by atoms with E-state index in [4.69, 9.17) is 0 Å². The van der Waals surface area contributed by atoms with E-state index in [0.29, 0.717) is 0 Å². The predicted molar refractivity (Wildman–Crippen MR) is 80.3 cm³/mol. The first kappa shape index (κ1) is 12.4. The molecule has 0 bridgehead atoms. The van der Waals surface area contributed by atoms with Gasteiger partial charge in [-0.1, -0.05) is 18.2 Å². The summed E-state index contributed by atoms with van der Waals surface area (Å²) >= 11 is 0. The number of hydrogen-bond donors (Lipinski definition) is 2. The fourth-order valence-electron chi connectivity index (χ4n) is 2.13. The number of pyridine rings is 1. The Morgan fingerprint density at radius 2 is 1.90 bits per heavy atom. The van der Waals surface area contributed by atoms with Crippen LogP contribution in [0.3, 0.4) is 0 Å². The van der Waals surface area contributed by atoms with Gasteiger partial charge in [0.15, 0.2) is 0 Å². The van der Waals surface area contributed by atoms with E-state index in [0.717, 1.165) is 16.9 Å². The molecule has 4 heteroatoms. The van der Waals surface area contributed by atoms with Gasteiger partial charge in [-0.15, -0.1) is 0 Å². The fourth-order valence-corrected chi connectivity index (χ4v) is 2.13. The van der Waals surface area contributed by atoms with Crippen molar-refractivity contribution < 1.29 is 0 Å². The summed E-state index contributed by atoms with van der Waals surface area (Å²) in [6.07, 6.45) is 7.18. The zero-order valence-corrected chi connectivity index (χ0v) is 11.2. The van der Waals surface area contributed by atoms with Gasteiger partial charge >= 0.3 is 0 Å². The molecule has 0 aliphatic heterocycles. The van der Waals surface area contributed by atoms with E-state index in [-0.39, 0.29) is 6.04 Å². The second kappa shape index (κ2) is 5.57. The maximum atomic E-state index is 4.14. The molecular weight excluding hydrogens is 248 g/mol. The number of imidazole rings is 1. The molecule has 0 amide bonds. The molecule has 0 aliphatic carbocycles. The number of hydrogen-bond acceptors (Lipinski definition) is 3. The Morgan fingerprint density at radius 3 is 2.55 bits per heavy atom. The highest BCUT2D eigenvalue weighted by Gasteiger charge is 2.05. The summed E-state index contributed by atoms with van der Waals surface area (Å²) in [4.78, 5) is 11.3. The first-order chi connectivity index (χ1) is 9.83. The first-order valence-corrected chi connectivity index (χ1v) is 6.58. The summed E-state index contributed by atoms with van der Waals surface area (Å²) < 4.78 is 0. The SMILES string of the molecule is CC(Nc1ccc(-c2cnc[nH]2)cc1)c1cccnc1. The quantitative estimate of drug-likeness (QED) is 0.756. The highest BCUT2D eigenvalue weighted by molar-refractivity contribution is 5.62. The molecule has 20 heavy (non-hydrogen) atoms. The van der Waals surface area contributed by atoms with Crippen molar-refractivity contribution >= 4 is 5.69 Å². The molecule has 0 saturated heterocycles. The third-order valence-corrected chi connectivity index (χ3v) is 3.26. The molecule has 1 atom stereocenters. The van der Waals surface area contributed by atoms with E-state index in [2.05, 4.69) is 57.5 Å². The van der Waals surface area contributed by atoms with Crippen molar-refractivity contribution in [1.29, 1.82) is 0 Å². The molecular formula is C16H16N4. The zero-order chi connectivity index (χ0) is 13.8. The van der Waals surface area contributed by atoms with Crippen LogP contribution in [0.15, 0.2) is 61.3 Å². The fraction of sp³-hybridized carbons (Fsp3) is 0.125. The lowest BCUT2D eigenvalue weighted by Gasteiger charge is -2.15. The number of nitrogens with zero attached hydrogens (tertiary/aromatic N) is 2. The van der Waals surface area contributed by atoms with E-state index < -0.39 is 0 Å². The average Bonchev–Trinajstić information content (AvgIpc) is 3.03. The Hall–Kier alpha value is -2.62. The van der Waals surface area contributed by atoms with Crippen LogP contribution in [0.25, 0.3) is 11.3 Å². The third kappa shape index (κ3) is 2.69. The van der Waals surface area contributed by atoms with Crippen LogP contribution in [0.5, 0.6) is 0 Å². The summed E-state index contributed by atoms with van der Waals surface area (Å²) in [6.45, 7) is 2.12. The molecule has 2 heterocycles. The van der Waals surface area contributed by atoms with E-state index in [9.17, 15) is 0 Å². The van der Waals surface area contributed by atoms with E-state index in [1.807, 2.05) is 18.5 Å². The molecule has 3 aromatic rings. The predicted octanol–water partition coefficient (Wildman–Crippen LogP) is 3.64. The van der Waals surface area contributed by atoms with Gasteiger partial charge in [0.05, 0.1) is 24.3 Å². The normalized spacial score (nSPS) is 12.1. The molecule has 0 radical (unpaired) electrons. The van der Waals surface area contributed by atoms with Crippen LogP contribution < -0.4 is 5.32 Å². The van der Waals surface area contributed by atoms with Gasteiger partial charge in [0, 0.05) is 18.1 Å². The van der Waals surface area contributed by atoms with Crippen molar-refractivity contribution in [1.82, 2.24) is 15.0 Å². The molecule has 1 unspecified atom stereocenters. The van der Waals surface area contributed by atoms with Crippen molar-refractivity contribution in [3.8, 4) is 11.3 Å². The lowest BCUT2D eigenvalue weighted by atomic mass is 10.1. The van der Waals surface area contributed by atoms with Crippen LogP contribution >= 0.6 is 0 Å². The monoisotopic (exact) mass is 264 g/mol. The third-order valence-electron chi connectivity index (χ3n) is 3.26. The zero-order valence-electron chi connectivity index (χ0n) is 11.2. The number of H-pyrrole nitrogens is 1. The standard InChI is InChI=1S/C16H16N4/c1-12(14-3-2-8-17-9-14)20-15-6-4-13(5-7-15)16-10-18-11-19-16/h2-12,20H,1H3,(H,18,19). The molecule has 3 rings (SSSR count). The van der Waals surface area contributed by atoms with Crippen molar-refractivity contribution in [3.05, 3.63) is 66.9 Å². The van der Waals surface area contributed by atoms with Gasteiger partial charge in [0.25, 0.3) is 0 Å². The number of anilines is 1. The summed E-state index contributed by atoms with van der Waals surface area (Å²) in [7, 11) is 0. The summed E-state index contributed by atoms with van der Waals surface area (Å²) in [5.41, 5.74) is 4.41. The highest BCUT2D eigenvalue weighted by atomic mass is 14.9. The number of rotatable bonds is 4. The van der Waals surface area contributed by atoms with Crippen molar-refractivity contribution in [3.63, 3.8) is 0 Å². The molecule has 0 fully saturated rings. The van der Waals surface area contributed by atoms with Gasteiger partial charge in [-0.2, -0.15) is 0 Å². The number of benzene rings is 1. The minimum atomic E-state index is 0.224. The largest absolute Gasteiger partial charge is 0.378 e. The molecule has 0 aliphatic rings. The minimum absolute atomic E-state index is 0.224. The second-order valence-electron chi connectivity index (χ2n) is 4.70. The molecule has 4 nitrogen and oxygen atoms in total. The van der Waals surface area contributed by atoms with Gasteiger partial charge in [-0.05, 0) is 36.2 Å². The smallest absolute Gasteiger partial charge is 0.0924 e. The lowest BCUT2D eigenvalue weighted by molar-refractivity contribution is 0.876. The van der Waals surface area contributed by atoms with Crippen LogP contribution in [0, 0.1) is 0 Å². The molecule has 2 aromatic heterocycles. The Bertz CT molecular complexity index is 645. The minimum Gasteiger partial charge on any atom is -0.378 e. The number of aromatic amines is 1. The topological polar surface area (TPSA) is 53.6 Å². The summed E-state index contributed by atoms with van der Waals surface area (Å²) in [5, 5.41) is 3.46. The van der Waals surface area contributed by atoms with Gasteiger partial charge in [0.2, 0.25) is 0 Å². The van der Waals surface area contributed by atoms with Gasteiger partial charge in [-0.25, -0.2) is 4.98 Å². The lowest BCUT2D eigenvalue weighted by Crippen LogP contribution is -2.06. The first-order valence-electron chi connectivity index (χ1n) is 6.58. The Kier molecular flexibility index (Phi) is 3.46. The van der Waals surface area contributed by atoms with Crippen molar-refractivity contribution in [2.45, 2.75) is 13.0 Å². The summed E-state index contributed by atoms with van der Waals surface area (Å²) in [5.74, 6) is 0. The van der Waals surface area contributed by atoms with Crippen molar-refractivity contribution in [2.24, 2.45) is 0 Å². The molecule has 100 valence electrons. The molecule has 1 aromatic carbocycles. The number of aromatic nitrogens is 3. The van der Waals surface area contributed by atoms with Crippen molar-refractivity contribution in [2.75, 3.05) is 5.32 Å². The van der Waals surface area contributed by atoms with Crippen LogP contribution in [-0.2, 0) is 0 Å². The Labute approximate surface area is 117 Å². The highest BCUT2D eigenvalue weighted by Crippen LogP contribution is 2.22.